The summed E-state index contributed by atoms with van der Waals surface area (Å²) in [5.74, 6) is 0. The van der Waals surface area contributed by atoms with Crippen LogP contribution in [0.15, 0.2) is 24.3 Å². The zero-order chi connectivity index (χ0) is 11.1. The van der Waals surface area contributed by atoms with Gasteiger partial charge in [-0.05, 0) is 24.1 Å². The van der Waals surface area contributed by atoms with Gasteiger partial charge in [0.25, 0.3) is 0 Å². The molecular formula is C12H19NO2. The van der Waals surface area contributed by atoms with E-state index in [0.717, 1.165) is 6.42 Å². The summed E-state index contributed by atoms with van der Waals surface area (Å²) in [4.78, 5) is 0. The minimum absolute atomic E-state index is 0.00208. The molecule has 0 saturated heterocycles. The predicted molar refractivity (Wildman–Crippen MR) is 60.8 cm³/mol. The molecular weight excluding hydrogens is 190 g/mol. The van der Waals surface area contributed by atoms with Crippen molar-refractivity contribution in [1.29, 1.82) is 0 Å². The van der Waals surface area contributed by atoms with Crippen molar-refractivity contribution in [2.45, 2.75) is 12.5 Å². The van der Waals surface area contributed by atoms with Crippen LogP contribution in [0, 0.1) is 0 Å². The first-order valence-electron chi connectivity index (χ1n) is 5.13. The summed E-state index contributed by atoms with van der Waals surface area (Å²) in [7, 11) is 3.38. The van der Waals surface area contributed by atoms with E-state index in [1.807, 2.05) is 12.1 Å². The Labute approximate surface area is 91.2 Å². The standard InChI is InChI=1S/C12H19NO2/c1-14-9-12(15-2)11-6-4-3-5-10(11)7-8-13/h3-6,12H,7-9,13H2,1-2H3. The fourth-order valence-electron chi connectivity index (χ4n) is 1.67. The summed E-state index contributed by atoms with van der Waals surface area (Å²) in [5, 5.41) is 0. The Morgan fingerprint density at radius 2 is 2.00 bits per heavy atom. The molecule has 3 heteroatoms. The second-order valence-electron chi connectivity index (χ2n) is 3.42. The lowest BCUT2D eigenvalue weighted by Crippen LogP contribution is -2.13. The van der Waals surface area contributed by atoms with Crippen LogP contribution in [0.25, 0.3) is 0 Å². The van der Waals surface area contributed by atoms with Gasteiger partial charge in [0.15, 0.2) is 0 Å². The molecule has 0 aliphatic rings. The molecule has 0 aromatic heterocycles. The van der Waals surface area contributed by atoms with E-state index in [2.05, 4.69) is 12.1 Å². The van der Waals surface area contributed by atoms with Crippen molar-refractivity contribution in [3.05, 3.63) is 35.4 Å². The zero-order valence-electron chi connectivity index (χ0n) is 9.40. The van der Waals surface area contributed by atoms with Gasteiger partial charge in [0.2, 0.25) is 0 Å². The number of rotatable bonds is 6. The molecule has 1 unspecified atom stereocenters. The van der Waals surface area contributed by atoms with Crippen molar-refractivity contribution in [3.63, 3.8) is 0 Å². The molecule has 0 radical (unpaired) electrons. The average Bonchev–Trinajstić information content (AvgIpc) is 2.27. The number of methoxy groups -OCH3 is 2. The Hall–Kier alpha value is -0.900. The molecule has 0 heterocycles. The molecule has 15 heavy (non-hydrogen) atoms. The minimum atomic E-state index is -0.00208. The first-order valence-corrected chi connectivity index (χ1v) is 5.13. The van der Waals surface area contributed by atoms with E-state index in [9.17, 15) is 0 Å². The van der Waals surface area contributed by atoms with Crippen LogP contribution in [-0.2, 0) is 15.9 Å². The van der Waals surface area contributed by atoms with Gasteiger partial charge < -0.3 is 15.2 Å². The summed E-state index contributed by atoms with van der Waals surface area (Å²) in [6.45, 7) is 1.22. The summed E-state index contributed by atoms with van der Waals surface area (Å²) < 4.78 is 10.5. The Morgan fingerprint density at radius 1 is 1.27 bits per heavy atom. The van der Waals surface area contributed by atoms with Crippen molar-refractivity contribution >= 4 is 0 Å². The van der Waals surface area contributed by atoms with Crippen LogP contribution in [0.4, 0.5) is 0 Å². The van der Waals surface area contributed by atoms with Crippen molar-refractivity contribution in [3.8, 4) is 0 Å². The molecule has 0 bridgehead atoms. The smallest absolute Gasteiger partial charge is 0.106 e. The Morgan fingerprint density at radius 3 is 2.60 bits per heavy atom. The van der Waals surface area contributed by atoms with Crippen LogP contribution in [0.3, 0.4) is 0 Å². The normalized spacial score (nSPS) is 12.7. The number of hydrogen-bond acceptors (Lipinski definition) is 3. The first kappa shape index (κ1) is 12.2. The maximum absolute atomic E-state index is 5.57. The first-order chi connectivity index (χ1) is 7.33. The third-order valence-corrected chi connectivity index (χ3v) is 2.42. The van der Waals surface area contributed by atoms with Gasteiger partial charge in [0.05, 0.1) is 6.61 Å². The van der Waals surface area contributed by atoms with Crippen LogP contribution in [0.1, 0.15) is 17.2 Å². The van der Waals surface area contributed by atoms with E-state index in [1.54, 1.807) is 14.2 Å². The molecule has 0 amide bonds. The summed E-state index contributed by atoms with van der Waals surface area (Å²) >= 11 is 0. The lowest BCUT2D eigenvalue weighted by Gasteiger charge is -2.18. The Bertz CT molecular complexity index is 289. The van der Waals surface area contributed by atoms with Crippen LogP contribution in [-0.4, -0.2) is 27.4 Å². The van der Waals surface area contributed by atoms with Crippen LogP contribution < -0.4 is 5.73 Å². The highest BCUT2D eigenvalue weighted by molar-refractivity contribution is 5.29. The zero-order valence-corrected chi connectivity index (χ0v) is 9.40. The van der Waals surface area contributed by atoms with Crippen molar-refractivity contribution < 1.29 is 9.47 Å². The van der Waals surface area contributed by atoms with Gasteiger partial charge in [0, 0.05) is 14.2 Å². The van der Waals surface area contributed by atoms with Crippen molar-refractivity contribution in [2.75, 3.05) is 27.4 Å². The van der Waals surface area contributed by atoms with Gasteiger partial charge in [-0.3, -0.25) is 0 Å². The second kappa shape index (κ2) is 6.56. The summed E-state index contributed by atoms with van der Waals surface area (Å²) in [5.41, 5.74) is 7.99. The number of hydrogen-bond donors (Lipinski definition) is 1. The molecule has 2 N–H and O–H groups in total. The molecule has 0 saturated carbocycles. The van der Waals surface area contributed by atoms with E-state index >= 15 is 0 Å². The SMILES string of the molecule is COCC(OC)c1ccccc1CCN. The van der Waals surface area contributed by atoms with E-state index in [0.29, 0.717) is 13.2 Å². The highest BCUT2D eigenvalue weighted by atomic mass is 16.5. The number of nitrogens with two attached hydrogens (primary N) is 1. The van der Waals surface area contributed by atoms with E-state index < -0.39 is 0 Å². The van der Waals surface area contributed by atoms with Gasteiger partial charge >= 0.3 is 0 Å². The molecule has 1 aromatic carbocycles. The maximum atomic E-state index is 5.57. The third kappa shape index (κ3) is 3.30. The van der Waals surface area contributed by atoms with E-state index in [1.165, 1.54) is 11.1 Å². The van der Waals surface area contributed by atoms with Crippen LogP contribution in [0.5, 0.6) is 0 Å². The topological polar surface area (TPSA) is 44.5 Å². The Balaban J connectivity index is 2.88. The lowest BCUT2D eigenvalue weighted by atomic mass is 10.0. The second-order valence-corrected chi connectivity index (χ2v) is 3.42. The highest BCUT2D eigenvalue weighted by Gasteiger charge is 2.13. The monoisotopic (exact) mass is 209 g/mol. The molecule has 0 fully saturated rings. The van der Waals surface area contributed by atoms with Gasteiger partial charge in [-0.2, -0.15) is 0 Å². The molecule has 0 aliphatic heterocycles. The van der Waals surface area contributed by atoms with Crippen LogP contribution >= 0.6 is 0 Å². The summed E-state index contributed by atoms with van der Waals surface area (Å²) in [6.07, 6.45) is 0.873. The number of benzene rings is 1. The molecule has 1 rings (SSSR count). The van der Waals surface area contributed by atoms with Crippen molar-refractivity contribution in [2.24, 2.45) is 5.73 Å². The van der Waals surface area contributed by atoms with Crippen molar-refractivity contribution in [1.82, 2.24) is 0 Å². The molecule has 0 spiro atoms. The molecule has 84 valence electrons. The fourth-order valence-corrected chi connectivity index (χ4v) is 1.67. The van der Waals surface area contributed by atoms with E-state index in [-0.39, 0.29) is 6.10 Å². The van der Waals surface area contributed by atoms with Gasteiger partial charge in [-0.25, -0.2) is 0 Å². The minimum Gasteiger partial charge on any atom is -0.382 e. The average molecular weight is 209 g/mol. The quantitative estimate of drug-likeness (QED) is 0.772. The lowest BCUT2D eigenvalue weighted by molar-refractivity contribution is 0.0270. The number of ether oxygens (including phenoxy) is 2. The molecule has 1 aromatic rings. The summed E-state index contributed by atoms with van der Waals surface area (Å²) in [6, 6.07) is 8.19. The van der Waals surface area contributed by atoms with Gasteiger partial charge in [-0.1, -0.05) is 24.3 Å². The van der Waals surface area contributed by atoms with Gasteiger partial charge in [-0.15, -0.1) is 0 Å². The largest absolute Gasteiger partial charge is 0.382 e. The molecule has 1 atom stereocenters. The maximum Gasteiger partial charge on any atom is 0.106 e. The predicted octanol–water partition coefficient (Wildman–Crippen LogP) is 1.52. The molecule has 3 nitrogen and oxygen atoms in total. The van der Waals surface area contributed by atoms with E-state index in [4.69, 9.17) is 15.2 Å². The van der Waals surface area contributed by atoms with Crippen LogP contribution in [0.2, 0.25) is 0 Å². The third-order valence-electron chi connectivity index (χ3n) is 2.42. The van der Waals surface area contributed by atoms with Gasteiger partial charge in [0.1, 0.15) is 6.10 Å². The fraction of sp³-hybridized carbons (Fsp3) is 0.500. The highest BCUT2D eigenvalue weighted by Crippen LogP contribution is 2.21. The molecule has 0 aliphatic carbocycles. The Kier molecular flexibility index (Phi) is 5.32.